The Morgan fingerprint density at radius 2 is 2.18 bits per heavy atom. The Labute approximate surface area is 164 Å². The van der Waals surface area contributed by atoms with Crippen molar-refractivity contribution in [3.05, 3.63) is 42.7 Å². The number of hydrogen-bond acceptors (Lipinski definition) is 5. The third-order valence-corrected chi connectivity index (χ3v) is 5.29. The molecule has 0 aliphatic carbocycles. The highest BCUT2D eigenvalue weighted by molar-refractivity contribution is 5.94. The molecule has 1 fully saturated rings. The number of nitrogens with one attached hydrogen (secondary N) is 1. The molecule has 7 nitrogen and oxygen atoms in total. The molecular formula is C21H24N4O3. The number of aromatic nitrogens is 1. The smallest absolute Gasteiger partial charge is 0.238 e. The maximum atomic E-state index is 12.6. The molecule has 2 amide bonds. The fourth-order valence-corrected chi connectivity index (χ4v) is 3.74. The van der Waals surface area contributed by atoms with Gasteiger partial charge in [-0.25, -0.2) is 0 Å². The van der Waals surface area contributed by atoms with Crippen molar-refractivity contribution in [3.8, 4) is 16.9 Å². The summed E-state index contributed by atoms with van der Waals surface area (Å²) in [5.41, 5.74) is 2.60. The summed E-state index contributed by atoms with van der Waals surface area (Å²) in [7, 11) is 0. The molecule has 4 rings (SSSR count). The fourth-order valence-electron chi connectivity index (χ4n) is 3.74. The van der Waals surface area contributed by atoms with Crippen LogP contribution >= 0.6 is 0 Å². The number of carbonyl (C=O) groups is 2. The van der Waals surface area contributed by atoms with Gasteiger partial charge in [-0.1, -0.05) is 19.1 Å². The topological polar surface area (TPSA) is 74.8 Å². The van der Waals surface area contributed by atoms with Gasteiger partial charge in [-0.2, -0.15) is 0 Å². The average molecular weight is 380 g/mol. The molecule has 0 unspecified atom stereocenters. The maximum absolute atomic E-state index is 12.6. The van der Waals surface area contributed by atoms with Crippen LogP contribution in [0.5, 0.6) is 5.75 Å². The molecule has 3 heterocycles. The Morgan fingerprint density at radius 1 is 1.29 bits per heavy atom. The summed E-state index contributed by atoms with van der Waals surface area (Å²) in [6.07, 6.45) is 4.02. The number of hydrogen-bond donors (Lipinski definition) is 1. The molecule has 0 bridgehead atoms. The lowest BCUT2D eigenvalue weighted by Crippen LogP contribution is -2.57. The fraction of sp³-hybridized carbons (Fsp3) is 0.381. The molecule has 0 saturated carbocycles. The van der Waals surface area contributed by atoms with Crippen LogP contribution in [0.15, 0.2) is 42.7 Å². The van der Waals surface area contributed by atoms with Crippen molar-refractivity contribution in [2.75, 3.05) is 38.1 Å². The SMILES string of the molecule is CCC(=O)N1CCN2CC(=O)Nc3cc(-c4cccnc4)ccc3OC[C@@H]2C1. The van der Waals surface area contributed by atoms with Crippen LogP contribution in [0.3, 0.4) is 0 Å². The Morgan fingerprint density at radius 3 is 2.96 bits per heavy atom. The van der Waals surface area contributed by atoms with E-state index >= 15 is 0 Å². The Kier molecular flexibility index (Phi) is 5.25. The molecule has 1 aromatic heterocycles. The highest BCUT2D eigenvalue weighted by Crippen LogP contribution is 2.31. The first-order valence-corrected chi connectivity index (χ1v) is 9.63. The molecule has 1 aromatic carbocycles. The third-order valence-electron chi connectivity index (χ3n) is 5.29. The molecule has 1 saturated heterocycles. The molecule has 7 heteroatoms. The van der Waals surface area contributed by atoms with Gasteiger partial charge < -0.3 is 15.0 Å². The number of ether oxygens (including phenoxy) is 1. The van der Waals surface area contributed by atoms with Gasteiger partial charge >= 0.3 is 0 Å². The first-order valence-electron chi connectivity index (χ1n) is 9.63. The van der Waals surface area contributed by atoms with Crippen molar-refractivity contribution >= 4 is 17.5 Å². The quantitative estimate of drug-likeness (QED) is 0.863. The van der Waals surface area contributed by atoms with Gasteiger partial charge in [0.1, 0.15) is 12.4 Å². The minimum Gasteiger partial charge on any atom is -0.490 e. The molecular weight excluding hydrogens is 356 g/mol. The summed E-state index contributed by atoms with van der Waals surface area (Å²) >= 11 is 0. The zero-order chi connectivity index (χ0) is 19.5. The molecule has 146 valence electrons. The van der Waals surface area contributed by atoms with Gasteiger partial charge in [0.2, 0.25) is 11.8 Å². The number of piperazine rings is 1. The van der Waals surface area contributed by atoms with Crippen molar-refractivity contribution in [1.29, 1.82) is 0 Å². The number of amides is 2. The molecule has 0 radical (unpaired) electrons. The number of nitrogens with zero attached hydrogens (tertiary/aromatic N) is 3. The lowest BCUT2D eigenvalue weighted by Gasteiger charge is -2.40. The lowest BCUT2D eigenvalue weighted by molar-refractivity contribution is -0.134. The number of carbonyl (C=O) groups excluding carboxylic acids is 2. The van der Waals surface area contributed by atoms with Crippen LogP contribution in [0, 0.1) is 0 Å². The van der Waals surface area contributed by atoms with Crippen LogP contribution in [-0.4, -0.2) is 65.4 Å². The van der Waals surface area contributed by atoms with E-state index in [9.17, 15) is 9.59 Å². The van der Waals surface area contributed by atoms with Crippen LogP contribution in [-0.2, 0) is 9.59 Å². The summed E-state index contributed by atoms with van der Waals surface area (Å²) in [5.74, 6) is 0.711. The average Bonchev–Trinajstić information content (AvgIpc) is 2.79. The van der Waals surface area contributed by atoms with Crippen LogP contribution in [0.25, 0.3) is 11.1 Å². The van der Waals surface area contributed by atoms with Gasteiger partial charge in [0.05, 0.1) is 18.3 Å². The van der Waals surface area contributed by atoms with Crippen LogP contribution < -0.4 is 10.1 Å². The Hall–Kier alpha value is -2.93. The van der Waals surface area contributed by atoms with E-state index < -0.39 is 0 Å². The monoisotopic (exact) mass is 380 g/mol. The number of benzene rings is 1. The Bertz CT molecular complexity index is 871. The van der Waals surface area contributed by atoms with Crippen molar-refractivity contribution in [2.45, 2.75) is 19.4 Å². The molecule has 2 aromatic rings. The second-order valence-electron chi connectivity index (χ2n) is 7.13. The number of rotatable bonds is 2. The number of pyridine rings is 1. The standard InChI is InChI=1S/C21H24N4O3/c1-2-21(27)25-9-8-24-13-20(26)23-18-10-15(16-4-3-7-22-11-16)5-6-19(18)28-14-17(24)12-25/h3-7,10-11,17H,2,8-9,12-14H2,1H3,(H,23,26)/t17-/m0/s1. The van der Waals surface area contributed by atoms with Gasteiger partial charge in [0, 0.05) is 44.0 Å². The van der Waals surface area contributed by atoms with E-state index in [2.05, 4.69) is 15.2 Å². The van der Waals surface area contributed by atoms with E-state index in [1.54, 1.807) is 12.4 Å². The van der Waals surface area contributed by atoms with Crippen molar-refractivity contribution < 1.29 is 14.3 Å². The summed E-state index contributed by atoms with van der Waals surface area (Å²) in [4.78, 5) is 32.8. The second kappa shape index (κ2) is 7.98. The van der Waals surface area contributed by atoms with Crippen LogP contribution in [0.4, 0.5) is 5.69 Å². The van der Waals surface area contributed by atoms with Gasteiger partial charge in [-0.15, -0.1) is 0 Å². The van der Waals surface area contributed by atoms with Gasteiger partial charge in [0.25, 0.3) is 0 Å². The zero-order valence-corrected chi connectivity index (χ0v) is 15.9. The summed E-state index contributed by atoms with van der Waals surface area (Å²) in [5, 5.41) is 2.98. The summed E-state index contributed by atoms with van der Waals surface area (Å²) < 4.78 is 6.07. The normalized spacial score (nSPS) is 20.0. The van der Waals surface area contributed by atoms with Crippen LogP contribution in [0.2, 0.25) is 0 Å². The van der Waals surface area contributed by atoms with E-state index in [0.29, 0.717) is 50.6 Å². The van der Waals surface area contributed by atoms with Gasteiger partial charge in [-0.05, 0) is 23.8 Å². The van der Waals surface area contributed by atoms with E-state index in [1.807, 2.05) is 42.2 Å². The highest BCUT2D eigenvalue weighted by Gasteiger charge is 2.32. The minimum absolute atomic E-state index is 0.000972. The summed E-state index contributed by atoms with van der Waals surface area (Å²) in [6.45, 7) is 4.50. The van der Waals surface area contributed by atoms with Crippen molar-refractivity contribution in [1.82, 2.24) is 14.8 Å². The Balaban J connectivity index is 1.58. The molecule has 1 atom stereocenters. The third kappa shape index (κ3) is 3.84. The van der Waals surface area contributed by atoms with E-state index in [1.165, 1.54) is 0 Å². The lowest BCUT2D eigenvalue weighted by atomic mass is 10.1. The van der Waals surface area contributed by atoms with E-state index in [0.717, 1.165) is 11.1 Å². The maximum Gasteiger partial charge on any atom is 0.238 e. The molecule has 28 heavy (non-hydrogen) atoms. The molecule has 0 spiro atoms. The highest BCUT2D eigenvalue weighted by atomic mass is 16.5. The van der Waals surface area contributed by atoms with Gasteiger partial charge in [-0.3, -0.25) is 19.5 Å². The molecule has 2 aliphatic heterocycles. The van der Waals surface area contributed by atoms with E-state index in [-0.39, 0.29) is 17.9 Å². The minimum atomic E-state index is -0.0737. The summed E-state index contributed by atoms with van der Waals surface area (Å²) in [6, 6.07) is 9.62. The predicted molar refractivity (Wildman–Crippen MR) is 106 cm³/mol. The predicted octanol–water partition coefficient (Wildman–Crippen LogP) is 2.00. The second-order valence-corrected chi connectivity index (χ2v) is 7.13. The largest absolute Gasteiger partial charge is 0.490 e. The number of anilines is 1. The zero-order valence-electron chi connectivity index (χ0n) is 15.9. The van der Waals surface area contributed by atoms with Crippen molar-refractivity contribution in [3.63, 3.8) is 0 Å². The van der Waals surface area contributed by atoms with Crippen LogP contribution in [0.1, 0.15) is 13.3 Å². The first-order chi connectivity index (χ1) is 13.6. The molecule has 2 aliphatic rings. The van der Waals surface area contributed by atoms with Crippen molar-refractivity contribution in [2.24, 2.45) is 0 Å². The first kappa shape index (κ1) is 18.4. The van der Waals surface area contributed by atoms with Gasteiger partial charge in [0.15, 0.2) is 0 Å². The van der Waals surface area contributed by atoms with E-state index in [4.69, 9.17) is 4.74 Å². The molecule has 1 N–H and O–H groups in total. The number of fused-ring (bicyclic) bond motifs is 2.